The molecule has 2 unspecified atom stereocenters. The summed E-state index contributed by atoms with van der Waals surface area (Å²) in [5.41, 5.74) is 1.13. The summed E-state index contributed by atoms with van der Waals surface area (Å²) < 4.78 is 7.75. The van der Waals surface area contributed by atoms with Gasteiger partial charge in [-0.25, -0.2) is 4.98 Å². The van der Waals surface area contributed by atoms with E-state index in [2.05, 4.69) is 34.9 Å². The SMILES string of the molecule is COC1CCCC(n2cnc(CNC(C)C)c2)C1. The normalized spacial score (nSPS) is 24.7. The lowest BCUT2D eigenvalue weighted by molar-refractivity contribution is 0.0530. The van der Waals surface area contributed by atoms with Crippen molar-refractivity contribution in [3.8, 4) is 0 Å². The van der Waals surface area contributed by atoms with Crippen LogP contribution >= 0.6 is 0 Å². The van der Waals surface area contributed by atoms with Gasteiger partial charge < -0.3 is 14.6 Å². The number of imidazole rings is 1. The van der Waals surface area contributed by atoms with Gasteiger partial charge in [-0.1, -0.05) is 13.8 Å². The number of hydrogen-bond donors (Lipinski definition) is 1. The summed E-state index contributed by atoms with van der Waals surface area (Å²) in [4.78, 5) is 4.47. The van der Waals surface area contributed by atoms with Crippen LogP contribution in [0.4, 0.5) is 0 Å². The fourth-order valence-corrected chi connectivity index (χ4v) is 2.58. The minimum atomic E-state index is 0.420. The van der Waals surface area contributed by atoms with E-state index in [-0.39, 0.29) is 0 Å². The summed E-state index contributed by atoms with van der Waals surface area (Å²) in [7, 11) is 1.82. The van der Waals surface area contributed by atoms with Crippen LogP contribution in [0.25, 0.3) is 0 Å². The maximum Gasteiger partial charge on any atom is 0.0952 e. The number of nitrogens with one attached hydrogen (secondary N) is 1. The molecule has 102 valence electrons. The predicted molar refractivity (Wildman–Crippen MR) is 72.5 cm³/mol. The number of ether oxygens (including phenoxy) is 1. The van der Waals surface area contributed by atoms with Crippen molar-refractivity contribution < 1.29 is 4.74 Å². The summed E-state index contributed by atoms with van der Waals surface area (Å²) in [5.74, 6) is 0. The molecule has 1 N–H and O–H groups in total. The zero-order valence-electron chi connectivity index (χ0n) is 11.7. The third-order valence-corrected chi connectivity index (χ3v) is 3.70. The molecule has 0 amide bonds. The molecule has 1 aromatic heterocycles. The second-order valence-electron chi connectivity index (χ2n) is 5.53. The molecular weight excluding hydrogens is 226 g/mol. The number of nitrogens with zero attached hydrogens (tertiary/aromatic N) is 2. The quantitative estimate of drug-likeness (QED) is 0.874. The topological polar surface area (TPSA) is 39.1 Å². The Morgan fingerprint density at radius 2 is 2.33 bits per heavy atom. The molecule has 1 heterocycles. The van der Waals surface area contributed by atoms with Crippen LogP contribution in [0.3, 0.4) is 0 Å². The third-order valence-electron chi connectivity index (χ3n) is 3.70. The minimum absolute atomic E-state index is 0.420. The van der Waals surface area contributed by atoms with Crippen molar-refractivity contribution >= 4 is 0 Å². The zero-order valence-corrected chi connectivity index (χ0v) is 11.7. The van der Waals surface area contributed by atoms with Crippen LogP contribution in [0, 0.1) is 0 Å². The molecule has 1 aliphatic carbocycles. The second-order valence-corrected chi connectivity index (χ2v) is 5.53. The first-order valence-corrected chi connectivity index (χ1v) is 6.97. The lowest BCUT2D eigenvalue weighted by Crippen LogP contribution is -2.23. The van der Waals surface area contributed by atoms with E-state index in [9.17, 15) is 0 Å². The number of methoxy groups -OCH3 is 1. The monoisotopic (exact) mass is 251 g/mol. The zero-order chi connectivity index (χ0) is 13.0. The Kier molecular flexibility index (Phi) is 4.78. The van der Waals surface area contributed by atoms with Gasteiger partial charge in [0.1, 0.15) is 0 Å². The van der Waals surface area contributed by atoms with Crippen molar-refractivity contribution in [3.05, 3.63) is 18.2 Å². The van der Waals surface area contributed by atoms with Gasteiger partial charge in [0, 0.05) is 31.9 Å². The first-order valence-electron chi connectivity index (χ1n) is 6.97. The Morgan fingerprint density at radius 3 is 3.06 bits per heavy atom. The highest BCUT2D eigenvalue weighted by Gasteiger charge is 2.22. The van der Waals surface area contributed by atoms with Crippen molar-refractivity contribution in [2.75, 3.05) is 7.11 Å². The summed E-state index contributed by atoms with van der Waals surface area (Å²) in [6, 6.07) is 1.06. The highest BCUT2D eigenvalue weighted by molar-refractivity contribution is 4.98. The van der Waals surface area contributed by atoms with E-state index < -0.39 is 0 Å². The molecule has 0 aliphatic heterocycles. The van der Waals surface area contributed by atoms with Crippen LogP contribution in [0.15, 0.2) is 12.5 Å². The summed E-state index contributed by atoms with van der Waals surface area (Å²) in [6.07, 6.45) is 9.38. The predicted octanol–water partition coefficient (Wildman–Crippen LogP) is 2.51. The van der Waals surface area contributed by atoms with Crippen LogP contribution < -0.4 is 5.32 Å². The van der Waals surface area contributed by atoms with Gasteiger partial charge in [-0.3, -0.25) is 0 Å². The van der Waals surface area contributed by atoms with E-state index in [0.29, 0.717) is 18.2 Å². The molecule has 0 bridgehead atoms. The molecular formula is C14H25N3O. The van der Waals surface area contributed by atoms with Crippen LogP contribution in [0.1, 0.15) is 51.3 Å². The minimum Gasteiger partial charge on any atom is -0.381 e. The Labute approximate surface area is 110 Å². The van der Waals surface area contributed by atoms with Crippen molar-refractivity contribution in [2.45, 2.75) is 64.3 Å². The van der Waals surface area contributed by atoms with Crippen molar-refractivity contribution in [3.63, 3.8) is 0 Å². The molecule has 0 spiro atoms. The van der Waals surface area contributed by atoms with Gasteiger partial charge in [0.25, 0.3) is 0 Å². The first-order chi connectivity index (χ1) is 8.69. The fourth-order valence-electron chi connectivity index (χ4n) is 2.58. The molecule has 1 aromatic rings. The van der Waals surface area contributed by atoms with Crippen molar-refractivity contribution in [1.82, 2.24) is 14.9 Å². The maximum absolute atomic E-state index is 5.48. The van der Waals surface area contributed by atoms with E-state index in [0.717, 1.165) is 18.7 Å². The molecule has 0 saturated heterocycles. The molecule has 1 aliphatic rings. The summed E-state index contributed by atoms with van der Waals surface area (Å²) >= 11 is 0. The highest BCUT2D eigenvalue weighted by atomic mass is 16.5. The Hall–Kier alpha value is -0.870. The van der Waals surface area contributed by atoms with Gasteiger partial charge in [-0.2, -0.15) is 0 Å². The average Bonchev–Trinajstić information content (AvgIpc) is 2.85. The van der Waals surface area contributed by atoms with E-state index in [1.807, 2.05) is 13.4 Å². The molecule has 4 nitrogen and oxygen atoms in total. The van der Waals surface area contributed by atoms with Crippen LogP contribution in [-0.2, 0) is 11.3 Å². The Bertz CT molecular complexity index is 362. The third kappa shape index (κ3) is 3.56. The summed E-state index contributed by atoms with van der Waals surface area (Å²) in [6.45, 7) is 5.16. The average molecular weight is 251 g/mol. The van der Waals surface area contributed by atoms with Gasteiger partial charge in [-0.15, -0.1) is 0 Å². The van der Waals surface area contributed by atoms with E-state index >= 15 is 0 Å². The summed E-state index contributed by atoms with van der Waals surface area (Å²) in [5, 5.41) is 3.40. The fraction of sp³-hybridized carbons (Fsp3) is 0.786. The standard InChI is InChI=1S/C14H25N3O/c1-11(2)15-8-12-9-17(10-16-12)13-5-4-6-14(7-13)18-3/h9-11,13-15H,4-8H2,1-3H3. The molecule has 2 atom stereocenters. The number of aromatic nitrogens is 2. The number of rotatable bonds is 5. The number of hydrogen-bond acceptors (Lipinski definition) is 3. The molecule has 2 rings (SSSR count). The molecule has 1 saturated carbocycles. The van der Waals surface area contributed by atoms with E-state index in [1.54, 1.807) is 0 Å². The van der Waals surface area contributed by atoms with Crippen LogP contribution in [0.5, 0.6) is 0 Å². The van der Waals surface area contributed by atoms with Gasteiger partial charge in [0.2, 0.25) is 0 Å². The van der Waals surface area contributed by atoms with Gasteiger partial charge in [0.15, 0.2) is 0 Å². The Morgan fingerprint density at radius 1 is 1.50 bits per heavy atom. The highest BCUT2D eigenvalue weighted by Crippen LogP contribution is 2.29. The van der Waals surface area contributed by atoms with Crippen molar-refractivity contribution in [1.29, 1.82) is 0 Å². The molecule has 1 fully saturated rings. The van der Waals surface area contributed by atoms with E-state index in [4.69, 9.17) is 4.74 Å². The van der Waals surface area contributed by atoms with Crippen LogP contribution in [0.2, 0.25) is 0 Å². The maximum atomic E-state index is 5.48. The Balaban J connectivity index is 1.92. The van der Waals surface area contributed by atoms with Gasteiger partial charge in [0.05, 0.1) is 18.1 Å². The molecule has 0 radical (unpaired) electrons. The van der Waals surface area contributed by atoms with Crippen molar-refractivity contribution in [2.24, 2.45) is 0 Å². The smallest absolute Gasteiger partial charge is 0.0952 e. The largest absolute Gasteiger partial charge is 0.381 e. The molecule has 18 heavy (non-hydrogen) atoms. The van der Waals surface area contributed by atoms with Crippen LogP contribution in [-0.4, -0.2) is 28.8 Å². The molecule has 4 heteroatoms. The first kappa shape index (κ1) is 13.6. The lowest BCUT2D eigenvalue weighted by atomic mass is 9.93. The second kappa shape index (κ2) is 6.34. The van der Waals surface area contributed by atoms with Gasteiger partial charge >= 0.3 is 0 Å². The molecule has 0 aromatic carbocycles. The lowest BCUT2D eigenvalue weighted by Gasteiger charge is -2.28. The van der Waals surface area contributed by atoms with E-state index in [1.165, 1.54) is 19.3 Å². The van der Waals surface area contributed by atoms with Gasteiger partial charge in [-0.05, 0) is 25.7 Å².